The first-order valence-corrected chi connectivity index (χ1v) is 26.5. The molecule has 7 fully saturated rings. The summed E-state index contributed by atoms with van der Waals surface area (Å²) in [6.07, 6.45) is -63.7. The van der Waals surface area contributed by atoms with Crippen LogP contribution in [-0.4, -0.2) is 368 Å². The van der Waals surface area contributed by atoms with Crippen LogP contribution < -0.4 is 10.6 Å². The van der Waals surface area contributed by atoms with Crippen LogP contribution in [0.3, 0.4) is 0 Å². The fourth-order valence-electron chi connectivity index (χ4n) is 10.5. The molecule has 0 bridgehead atoms. The predicted molar refractivity (Wildman–Crippen MR) is 254 cm³/mol. The molecule has 2 amide bonds. The number of aliphatic hydroxyl groups is 20. The predicted octanol–water partition coefficient (Wildman–Crippen LogP) is -15.0. The number of ether oxygens (including phenoxy) is 13. The third-order valence-corrected chi connectivity index (χ3v) is 15.3. The van der Waals surface area contributed by atoms with Crippen molar-refractivity contribution in [2.45, 2.75) is 236 Å². The van der Waals surface area contributed by atoms with Crippen molar-refractivity contribution in [2.75, 3.05) is 39.6 Å². The molecule has 7 aliphatic heterocycles. The van der Waals surface area contributed by atoms with E-state index < -0.39 is 266 Å². The largest absolute Gasteiger partial charge is 0.394 e. The highest BCUT2D eigenvalue weighted by Crippen LogP contribution is 2.37. The highest BCUT2D eigenvalue weighted by Gasteiger charge is 2.58. The van der Waals surface area contributed by atoms with Crippen molar-refractivity contribution in [2.24, 2.45) is 0 Å². The molecular weight excluding hydrogens is 1140 g/mol. The molecule has 83 heavy (non-hydrogen) atoms. The Morgan fingerprint density at radius 2 is 0.723 bits per heavy atom. The lowest BCUT2D eigenvalue weighted by Crippen LogP contribution is -2.70. The number of hydrogen-bond donors (Lipinski definition) is 22. The lowest BCUT2D eigenvalue weighted by molar-refractivity contribution is -0.398. The minimum atomic E-state index is -2.38. The Kier molecular flexibility index (Phi) is 24.0. The average Bonchev–Trinajstić information content (AvgIpc) is 3.54. The highest BCUT2D eigenvalue weighted by molar-refractivity contribution is 5.73. The van der Waals surface area contributed by atoms with E-state index in [1.807, 2.05) is 0 Å². The Balaban J connectivity index is 1.18. The van der Waals surface area contributed by atoms with Gasteiger partial charge in [-0.25, -0.2) is 0 Å². The van der Waals surface area contributed by atoms with Gasteiger partial charge in [0.2, 0.25) is 11.8 Å². The van der Waals surface area contributed by atoms with Gasteiger partial charge in [0.25, 0.3) is 0 Å². The Bertz CT molecular complexity index is 2040. The second-order valence-corrected chi connectivity index (χ2v) is 21.1. The summed E-state index contributed by atoms with van der Waals surface area (Å²) in [4.78, 5) is 25.1. The van der Waals surface area contributed by atoms with Gasteiger partial charge in [-0.2, -0.15) is 0 Å². The number of amides is 2. The number of carbonyl (C=O) groups is 2. The minimum Gasteiger partial charge on any atom is -0.394 e. The van der Waals surface area contributed by atoms with Crippen molar-refractivity contribution in [1.82, 2.24) is 10.6 Å². The van der Waals surface area contributed by atoms with Gasteiger partial charge in [0, 0.05) is 13.8 Å². The van der Waals surface area contributed by atoms with Crippen LogP contribution >= 0.6 is 0 Å². The van der Waals surface area contributed by atoms with E-state index in [-0.39, 0.29) is 0 Å². The van der Waals surface area contributed by atoms with Crippen LogP contribution in [0.25, 0.3) is 0 Å². The molecule has 0 spiro atoms. The number of carbonyl (C=O) groups excluding carboxylic acids is 2. The van der Waals surface area contributed by atoms with E-state index in [1.54, 1.807) is 0 Å². The maximum Gasteiger partial charge on any atom is 0.217 e. The molecule has 35 atom stereocenters. The van der Waals surface area contributed by atoms with Gasteiger partial charge in [0.05, 0.1) is 45.7 Å². The van der Waals surface area contributed by atoms with E-state index in [4.69, 9.17) is 61.6 Å². The number of rotatable bonds is 20. The Morgan fingerprint density at radius 3 is 1.28 bits per heavy atom. The SMILES string of the molecule is CC(=O)N[C@H]1[C@H](O[C@H]2[C@H](O)[C@@H](NC(C)=O)C(O)O[C@@H]2CO[C@@H]2O[C@@H](C)[C@@H](O)[C@@H](O)[C@@H]2O)O[C@H](CO)[C@@H](O[C@@H]2O[C@H](CO[C@H]3O[C@H](CO)[C@@H](O)[C@H](O)[C@@H]3O)[C@@H](O)[C@H](O[C@H]3O[C@H](CO)[C@@H](O)[C@H](O)[C@@H]3O[C@H]3O[C@H](CO)[C@@H](O)[C@H](O)[C@@H]3O)[C@@H]2O)[C@@H]1O. The molecule has 7 aliphatic rings. The molecule has 0 aliphatic carbocycles. The van der Waals surface area contributed by atoms with Crippen LogP contribution in [0.2, 0.25) is 0 Å². The van der Waals surface area contributed by atoms with Gasteiger partial charge in [0.1, 0.15) is 165 Å². The summed E-state index contributed by atoms with van der Waals surface area (Å²) in [5, 5.41) is 221. The second-order valence-electron chi connectivity index (χ2n) is 21.1. The zero-order chi connectivity index (χ0) is 61.2. The molecule has 0 saturated carbocycles. The zero-order valence-corrected chi connectivity index (χ0v) is 44.5. The van der Waals surface area contributed by atoms with E-state index in [0.29, 0.717) is 0 Å². The molecule has 7 heterocycles. The maximum atomic E-state index is 12.9. The molecule has 1 unspecified atom stereocenters. The van der Waals surface area contributed by atoms with Crippen molar-refractivity contribution >= 4 is 11.8 Å². The molecule has 0 aromatic rings. The van der Waals surface area contributed by atoms with Crippen molar-refractivity contribution in [1.29, 1.82) is 0 Å². The van der Waals surface area contributed by atoms with Crippen molar-refractivity contribution < 1.29 is 173 Å². The Labute approximate surface area is 470 Å². The molecule has 22 N–H and O–H groups in total. The van der Waals surface area contributed by atoms with Gasteiger partial charge >= 0.3 is 0 Å². The third-order valence-electron chi connectivity index (χ3n) is 15.3. The maximum absolute atomic E-state index is 12.9. The van der Waals surface area contributed by atoms with Gasteiger partial charge in [-0.05, 0) is 6.92 Å². The molecule has 37 nitrogen and oxygen atoms in total. The Hall–Kier alpha value is -2.38. The summed E-state index contributed by atoms with van der Waals surface area (Å²) in [5.41, 5.74) is 0. The van der Waals surface area contributed by atoms with Crippen LogP contribution in [0.5, 0.6) is 0 Å². The molecule has 482 valence electrons. The zero-order valence-electron chi connectivity index (χ0n) is 44.5. The van der Waals surface area contributed by atoms with Gasteiger partial charge in [0.15, 0.2) is 44.0 Å². The molecule has 0 radical (unpaired) electrons. The lowest BCUT2D eigenvalue weighted by atomic mass is 9.93. The van der Waals surface area contributed by atoms with Gasteiger partial charge in [-0.3, -0.25) is 9.59 Å². The standard InChI is InChI=1S/C46H78N2O35/c1-10-21(55)28(62)32(66)42(73-10)72-9-18-37(26(60)19(40(70)74-18)47-11(2)53)80-41-20(48-12(3)54)27(61)36(16(7-52)78-41)81-45-35(69)38(25(59)17(79-45)8-71-43-33(67)29(63)22(56)13(4-49)75-43)82-46-39(31(65)24(58)15(6-51)77-46)83-44-34(68)30(64)23(57)14(5-50)76-44/h10,13-46,49-52,55-70H,4-9H2,1-3H3,(H,47,53)(H,48,54)/t10-,13+,14+,15+,16+,17+,18+,19+,20+,21+,22+,23+,24+,25+,26+,27+,28+,29-,30-,31-,32-,33-,34-,35-,36+,37+,38-,39-,40?,41-,42+,43-,44+,45-,46+/m0/s1. The molecular formula is C46H78N2O35. The molecule has 7 saturated heterocycles. The topological polar surface area (TPSA) is 583 Å². The van der Waals surface area contributed by atoms with Crippen LogP contribution in [0, 0.1) is 0 Å². The first-order valence-electron chi connectivity index (χ1n) is 26.5. The van der Waals surface area contributed by atoms with Crippen LogP contribution in [0.1, 0.15) is 20.8 Å². The summed E-state index contributed by atoms with van der Waals surface area (Å²) in [6, 6.07) is -3.52. The van der Waals surface area contributed by atoms with Gasteiger partial charge in [-0.1, -0.05) is 0 Å². The first-order chi connectivity index (χ1) is 39.2. The molecule has 0 aromatic carbocycles. The summed E-state index contributed by atoms with van der Waals surface area (Å²) >= 11 is 0. The lowest BCUT2D eigenvalue weighted by Gasteiger charge is -2.50. The summed E-state index contributed by atoms with van der Waals surface area (Å²) < 4.78 is 75.0. The fraction of sp³-hybridized carbons (Fsp3) is 0.957. The van der Waals surface area contributed by atoms with Crippen molar-refractivity contribution in [3.05, 3.63) is 0 Å². The third kappa shape index (κ3) is 14.9. The van der Waals surface area contributed by atoms with Gasteiger partial charge in [-0.15, -0.1) is 0 Å². The summed E-state index contributed by atoms with van der Waals surface area (Å²) in [5.74, 6) is -1.67. The quantitative estimate of drug-likeness (QED) is 0.0538. The van der Waals surface area contributed by atoms with Crippen molar-refractivity contribution in [3.63, 3.8) is 0 Å². The van der Waals surface area contributed by atoms with Crippen LogP contribution in [0.4, 0.5) is 0 Å². The minimum absolute atomic E-state index is 0.766. The number of nitrogens with one attached hydrogen (secondary N) is 2. The highest BCUT2D eigenvalue weighted by atomic mass is 16.8. The summed E-state index contributed by atoms with van der Waals surface area (Å²) in [6.45, 7) is -2.38. The van der Waals surface area contributed by atoms with E-state index in [2.05, 4.69) is 10.6 Å². The van der Waals surface area contributed by atoms with Crippen LogP contribution in [-0.2, 0) is 71.2 Å². The van der Waals surface area contributed by atoms with E-state index in [1.165, 1.54) is 6.92 Å². The first kappa shape index (κ1) is 68.1. The van der Waals surface area contributed by atoms with E-state index in [9.17, 15) is 112 Å². The van der Waals surface area contributed by atoms with E-state index in [0.717, 1.165) is 13.8 Å². The smallest absolute Gasteiger partial charge is 0.217 e. The van der Waals surface area contributed by atoms with E-state index >= 15 is 0 Å². The Morgan fingerprint density at radius 1 is 0.337 bits per heavy atom. The summed E-state index contributed by atoms with van der Waals surface area (Å²) in [7, 11) is 0. The van der Waals surface area contributed by atoms with Gasteiger partial charge < -0.3 is 174 Å². The molecule has 7 rings (SSSR count). The fourth-order valence-corrected chi connectivity index (χ4v) is 10.5. The number of hydrogen-bond acceptors (Lipinski definition) is 35. The normalized spacial score (nSPS) is 50.8. The average molecular weight is 1220 g/mol. The monoisotopic (exact) mass is 1220 g/mol. The van der Waals surface area contributed by atoms with Crippen LogP contribution in [0.15, 0.2) is 0 Å². The molecule has 0 aromatic heterocycles. The second kappa shape index (κ2) is 29.3. The molecule has 37 heteroatoms. The number of aliphatic hydroxyl groups excluding tert-OH is 20. The van der Waals surface area contributed by atoms with Crippen molar-refractivity contribution in [3.8, 4) is 0 Å².